The third-order valence-corrected chi connectivity index (χ3v) is 3.80. The number of hydrogen-bond donors (Lipinski definition) is 1. The van der Waals surface area contributed by atoms with E-state index < -0.39 is 0 Å². The number of benzene rings is 2. The van der Waals surface area contributed by atoms with E-state index in [1.807, 2.05) is 125 Å². The Labute approximate surface area is 193 Å². The Hall–Kier alpha value is -1.15. The summed E-state index contributed by atoms with van der Waals surface area (Å²) in [6.45, 7) is 1.80. The van der Waals surface area contributed by atoms with Crippen LogP contribution in [0.4, 0.5) is 0 Å². The molecule has 2 aliphatic carbocycles. The van der Waals surface area contributed by atoms with Gasteiger partial charge in [0.05, 0.1) is 6.10 Å². The van der Waals surface area contributed by atoms with Crippen molar-refractivity contribution in [3.05, 3.63) is 142 Å². The molecule has 2 aliphatic rings. The normalized spacial score (nSPS) is 16.6. The minimum absolute atomic E-state index is 0. The van der Waals surface area contributed by atoms with Gasteiger partial charge in [-0.1, -0.05) is 42.0 Å². The molecule has 0 bridgehead atoms. The van der Waals surface area contributed by atoms with Gasteiger partial charge >= 0.3 is 0 Å². The summed E-state index contributed by atoms with van der Waals surface area (Å²) in [5.41, 5.74) is 3.19. The van der Waals surface area contributed by atoms with Crippen molar-refractivity contribution in [3.63, 3.8) is 0 Å². The fourth-order valence-electron chi connectivity index (χ4n) is 2.51. The largest absolute Gasteiger partial charge is 0.393 e. The maximum absolute atomic E-state index is 9.60. The van der Waals surface area contributed by atoms with Crippen LogP contribution in [0.3, 0.4) is 0 Å². The van der Waals surface area contributed by atoms with Gasteiger partial charge in [-0.05, 0) is 77.6 Å². The molecule has 2 aromatic carbocycles. The number of aliphatic hydroxyl groups is 1. The average Bonchev–Trinajstić information content (AvgIpc) is 3.47. The van der Waals surface area contributed by atoms with Crippen molar-refractivity contribution in [1.82, 2.24) is 0 Å². The molecule has 2 heteroatoms. The Balaban J connectivity index is 0.000000311. The maximum Gasteiger partial charge on any atom is 0.0537 e. The van der Waals surface area contributed by atoms with Gasteiger partial charge in [0.25, 0.3) is 0 Å². The zero-order valence-electron chi connectivity index (χ0n) is 16.8. The topological polar surface area (TPSA) is 20.2 Å². The van der Waals surface area contributed by atoms with E-state index in [1.165, 1.54) is 0 Å². The predicted octanol–water partition coefficient (Wildman–Crippen LogP) is 5.73. The smallest absolute Gasteiger partial charge is 0.0537 e. The summed E-state index contributed by atoms with van der Waals surface area (Å²) >= 11 is 0. The van der Waals surface area contributed by atoms with E-state index in [1.54, 1.807) is 6.92 Å². The Bertz CT molecular complexity index is 616. The van der Waals surface area contributed by atoms with Crippen LogP contribution in [0.25, 0.3) is 5.57 Å². The summed E-state index contributed by atoms with van der Waals surface area (Å²) in [6, 6.07) is 20.1. The molecule has 0 spiro atoms. The number of rotatable bonds is 4. The fraction of sp³-hybridized carbons (Fsp3) is 0.111. The van der Waals surface area contributed by atoms with Crippen molar-refractivity contribution in [3.8, 4) is 0 Å². The predicted molar refractivity (Wildman–Crippen MR) is 118 cm³/mol. The van der Waals surface area contributed by atoms with Crippen molar-refractivity contribution in [2.24, 2.45) is 0 Å². The summed E-state index contributed by atoms with van der Waals surface area (Å²) in [7, 11) is 0. The van der Waals surface area contributed by atoms with Crippen LogP contribution in [0, 0.1) is 70.3 Å². The van der Waals surface area contributed by atoms with Gasteiger partial charge in [-0.3, -0.25) is 0 Å². The van der Waals surface area contributed by atoms with E-state index in [0.29, 0.717) is 6.42 Å². The molecule has 1 unspecified atom stereocenters. The van der Waals surface area contributed by atoms with Gasteiger partial charge < -0.3 is 5.11 Å². The van der Waals surface area contributed by atoms with Crippen molar-refractivity contribution in [2.75, 3.05) is 0 Å². The zero-order valence-corrected chi connectivity index (χ0v) is 18.3. The van der Waals surface area contributed by atoms with Crippen LogP contribution in [0.1, 0.15) is 24.5 Å². The Morgan fingerprint density at radius 2 is 1.07 bits per heavy atom. The van der Waals surface area contributed by atoms with E-state index in [4.69, 9.17) is 0 Å². The Morgan fingerprint density at radius 3 is 1.45 bits per heavy atom. The van der Waals surface area contributed by atoms with Crippen LogP contribution in [0.2, 0.25) is 0 Å². The SMILES string of the molecule is CC(O)CC(=[C-]c1ccccc1)c1ccccc1.[CH]1[CH][CH][CH][CH]1.[CH]1[CH][CH][CH][CH]1.[Ti]. The second kappa shape index (κ2) is 16.6. The molecule has 1 N–H and O–H groups in total. The van der Waals surface area contributed by atoms with Gasteiger partial charge in [0.2, 0.25) is 0 Å². The van der Waals surface area contributed by atoms with Crippen LogP contribution in [-0.4, -0.2) is 11.2 Å². The van der Waals surface area contributed by atoms with Crippen molar-refractivity contribution in [1.29, 1.82) is 0 Å². The molecular formula is C27H27OTi-. The first-order valence-corrected chi connectivity index (χ1v) is 9.50. The van der Waals surface area contributed by atoms with Crippen LogP contribution in [0.15, 0.2) is 60.7 Å². The summed E-state index contributed by atoms with van der Waals surface area (Å²) in [5.74, 6) is 0. The molecule has 29 heavy (non-hydrogen) atoms. The van der Waals surface area contributed by atoms with E-state index in [-0.39, 0.29) is 27.8 Å². The second-order valence-corrected chi connectivity index (χ2v) is 6.31. The molecule has 2 fully saturated rings. The van der Waals surface area contributed by atoms with Crippen molar-refractivity contribution in [2.45, 2.75) is 19.4 Å². The van der Waals surface area contributed by atoms with Crippen LogP contribution in [-0.2, 0) is 21.7 Å². The molecule has 0 heterocycles. The summed E-state index contributed by atoms with van der Waals surface area (Å²) < 4.78 is 0. The molecule has 0 aliphatic heterocycles. The molecule has 1 atom stereocenters. The maximum atomic E-state index is 9.60. The van der Waals surface area contributed by atoms with Crippen LogP contribution in [0.5, 0.6) is 0 Å². The average molecular weight is 415 g/mol. The van der Waals surface area contributed by atoms with Crippen LogP contribution < -0.4 is 0 Å². The van der Waals surface area contributed by atoms with Gasteiger partial charge in [-0.15, -0.1) is 41.5 Å². The molecule has 2 saturated carbocycles. The molecule has 10 radical (unpaired) electrons. The minimum atomic E-state index is -0.364. The molecule has 4 rings (SSSR count). The molecule has 0 saturated heterocycles. The first-order chi connectivity index (χ1) is 13.8. The van der Waals surface area contributed by atoms with E-state index in [2.05, 4.69) is 6.08 Å². The van der Waals surface area contributed by atoms with Crippen LogP contribution >= 0.6 is 0 Å². The monoisotopic (exact) mass is 415 g/mol. The van der Waals surface area contributed by atoms with Gasteiger partial charge in [0.1, 0.15) is 0 Å². The zero-order chi connectivity index (χ0) is 19.9. The quantitative estimate of drug-likeness (QED) is 0.384. The molecule has 0 aromatic heterocycles. The molecule has 0 amide bonds. The third kappa shape index (κ3) is 12.2. The molecule has 1 nitrogen and oxygen atoms in total. The summed E-state index contributed by atoms with van der Waals surface area (Å²) in [6.07, 6.45) is 23.6. The second-order valence-electron chi connectivity index (χ2n) is 6.31. The van der Waals surface area contributed by atoms with Crippen molar-refractivity contribution >= 4 is 5.57 Å². The van der Waals surface area contributed by atoms with E-state index in [9.17, 15) is 5.11 Å². The fourth-order valence-corrected chi connectivity index (χ4v) is 2.51. The summed E-state index contributed by atoms with van der Waals surface area (Å²) in [5, 5.41) is 9.60. The summed E-state index contributed by atoms with van der Waals surface area (Å²) in [4.78, 5) is 0. The standard InChI is InChI=1S/C17H17O.2C5H5.Ti/c1-14(18)12-17(16-10-6-3-7-11-16)13-15-8-4-2-5-9-15;2*1-2-4-5-3-1;/h2-11,14,18H,12H2,1H3;2*1-5H;/q-1;;;. The minimum Gasteiger partial charge on any atom is -0.393 e. The Kier molecular flexibility index (Phi) is 14.8. The molecular weight excluding hydrogens is 388 g/mol. The van der Waals surface area contributed by atoms with E-state index >= 15 is 0 Å². The van der Waals surface area contributed by atoms with Gasteiger partial charge in [0.15, 0.2) is 0 Å². The van der Waals surface area contributed by atoms with Crippen molar-refractivity contribution < 1.29 is 26.8 Å². The molecule has 2 aromatic rings. The first kappa shape index (κ1) is 25.9. The van der Waals surface area contributed by atoms with Gasteiger partial charge in [-0.2, -0.15) is 0 Å². The third-order valence-electron chi connectivity index (χ3n) is 3.80. The van der Waals surface area contributed by atoms with Gasteiger partial charge in [0, 0.05) is 21.7 Å². The number of aliphatic hydroxyl groups excluding tert-OH is 1. The van der Waals surface area contributed by atoms with E-state index in [0.717, 1.165) is 16.7 Å². The number of hydrogen-bond acceptors (Lipinski definition) is 1. The van der Waals surface area contributed by atoms with Gasteiger partial charge in [-0.25, -0.2) is 0 Å². The molecule has 146 valence electrons. The Morgan fingerprint density at radius 1 is 0.690 bits per heavy atom. The first-order valence-electron chi connectivity index (χ1n) is 9.50.